The van der Waals surface area contributed by atoms with Crippen molar-refractivity contribution in [3.8, 4) is 0 Å². The third-order valence-corrected chi connectivity index (χ3v) is 4.93. The molecule has 0 atom stereocenters. The zero-order chi connectivity index (χ0) is 13.7. The Hall–Kier alpha value is -1.14. The maximum absolute atomic E-state index is 11.4. The number of hydrogen-bond acceptors (Lipinski definition) is 4. The number of aromatic nitrogens is 1. The molecular formula is C13H21N3O2S. The van der Waals surface area contributed by atoms with Crippen LogP contribution in [-0.4, -0.2) is 38.8 Å². The molecule has 106 valence electrons. The maximum Gasteiger partial charge on any atom is 0.211 e. The van der Waals surface area contributed by atoms with Gasteiger partial charge >= 0.3 is 0 Å². The van der Waals surface area contributed by atoms with Crippen molar-refractivity contribution in [2.24, 2.45) is 5.92 Å². The van der Waals surface area contributed by atoms with Crippen molar-refractivity contribution in [2.45, 2.75) is 19.8 Å². The SMILES string of the molecule is CCS(=O)(=O)NCC1CCN(c2ccccn2)CC1. The summed E-state index contributed by atoms with van der Waals surface area (Å²) in [7, 11) is -3.06. The highest BCUT2D eigenvalue weighted by molar-refractivity contribution is 7.89. The number of sulfonamides is 1. The molecule has 1 aromatic rings. The van der Waals surface area contributed by atoms with Crippen LogP contribution >= 0.6 is 0 Å². The highest BCUT2D eigenvalue weighted by Gasteiger charge is 2.21. The van der Waals surface area contributed by atoms with E-state index in [1.54, 1.807) is 13.1 Å². The molecule has 0 aromatic carbocycles. The molecule has 1 aliphatic rings. The molecule has 0 amide bonds. The van der Waals surface area contributed by atoms with E-state index in [0.29, 0.717) is 12.5 Å². The standard InChI is InChI=1S/C13H21N3O2S/c1-2-19(17,18)15-11-12-6-9-16(10-7-12)13-5-3-4-8-14-13/h3-5,8,12,15H,2,6-7,9-11H2,1H3. The summed E-state index contributed by atoms with van der Waals surface area (Å²) in [5, 5.41) is 0. The molecule has 0 radical (unpaired) electrons. The maximum atomic E-state index is 11.4. The smallest absolute Gasteiger partial charge is 0.211 e. The summed E-state index contributed by atoms with van der Waals surface area (Å²) in [6.07, 6.45) is 3.81. The van der Waals surface area contributed by atoms with Gasteiger partial charge in [-0.2, -0.15) is 0 Å². The van der Waals surface area contributed by atoms with Crippen LogP contribution in [0.3, 0.4) is 0 Å². The Morgan fingerprint density at radius 1 is 1.37 bits per heavy atom. The summed E-state index contributed by atoms with van der Waals surface area (Å²) >= 11 is 0. The van der Waals surface area contributed by atoms with Crippen LogP contribution in [0.4, 0.5) is 5.82 Å². The summed E-state index contributed by atoms with van der Waals surface area (Å²) in [6.45, 7) is 4.10. The summed E-state index contributed by atoms with van der Waals surface area (Å²) in [4.78, 5) is 6.60. The molecule has 6 heteroatoms. The fraction of sp³-hybridized carbons (Fsp3) is 0.615. The number of rotatable bonds is 5. The molecule has 0 saturated carbocycles. The second kappa shape index (κ2) is 6.34. The number of nitrogens with one attached hydrogen (secondary N) is 1. The number of piperidine rings is 1. The Kier molecular flexibility index (Phi) is 4.76. The van der Waals surface area contributed by atoms with Crippen LogP contribution in [-0.2, 0) is 10.0 Å². The summed E-state index contributed by atoms with van der Waals surface area (Å²) in [5.74, 6) is 1.59. The Labute approximate surface area is 115 Å². The van der Waals surface area contributed by atoms with Crippen LogP contribution in [0.2, 0.25) is 0 Å². The van der Waals surface area contributed by atoms with E-state index in [1.807, 2.05) is 18.2 Å². The minimum absolute atomic E-state index is 0.153. The van der Waals surface area contributed by atoms with Crippen LogP contribution in [0.15, 0.2) is 24.4 Å². The zero-order valence-electron chi connectivity index (χ0n) is 11.2. The van der Waals surface area contributed by atoms with E-state index in [9.17, 15) is 8.42 Å². The molecule has 5 nitrogen and oxygen atoms in total. The predicted molar refractivity (Wildman–Crippen MR) is 76.6 cm³/mol. The Morgan fingerprint density at radius 3 is 2.68 bits per heavy atom. The van der Waals surface area contributed by atoms with Crippen molar-refractivity contribution in [1.29, 1.82) is 0 Å². The van der Waals surface area contributed by atoms with E-state index in [4.69, 9.17) is 0 Å². The van der Waals surface area contributed by atoms with Crippen molar-refractivity contribution in [3.05, 3.63) is 24.4 Å². The molecule has 0 spiro atoms. The summed E-state index contributed by atoms with van der Waals surface area (Å²) < 4.78 is 25.5. The molecule has 1 N–H and O–H groups in total. The predicted octanol–water partition coefficient (Wildman–Crippen LogP) is 1.24. The van der Waals surface area contributed by atoms with Gasteiger partial charge in [0.25, 0.3) is 0 Å². The van der Waals surface area contributed by atoms with Crippen LogP contribution in [0, 0.1) is 5.92 Å². The minimum Gasteiger partial charge on any atom is -0.357 e. The van der Waals surface area contributed by atoms with E-state index in [1.165, 1.54) is 0 Å². The monoisotopic (exact) mass is 283 g/mol. The van der Waals surface area contributed by atoms with Gasteiger partial charge in [0, 0.05) is 25.8 Å². The normalized spacial score (nSPS) is 17.6. The van der Waals surface area contributed by atoms with Gasteiger partial charge in [-0.05, 0) is 37.8 Å². The van der Waals surface area contributed by atoms with E-state index < -0.39 is 10.0 Å². The molecule has 1 fully saturated rings. The number of hydrogen-bond donors (Lipinski definition) is 1. The molecule has 1 saturated heterocycles. The highest BCUT2D eigenvalue weighted by atomic mass is 32.2. The fourth-order valence-electron chi connectivity index (χ4n) is 2.25. The molecule has 1 aromatic heterocycles. The van der Waals surface area contributed by atoms with Gasteiger partial charge in [0.15, 0.2) is 0 Å². The number of anilines is 1. The van der Waals surface area contributed by atoms with E-state index >= 15 is 0 Å². The van der Waals surface area contributed by atoms with Gasteiger partial charge in [0.1, 0.15) is 5.82 Å². The lowest BCUT2D eigenvalue weighted by Gasteiger charge is -2.32. The molecule has 19 heavy (non-hydrogen) atoms. The van der Waals surface area contributed by atoms with Crippen molar-refractivity contribution in [1.82, 2.24) is 9.71 Å². The Balaban J connectivity index is 1.80. The largest absolute Gasteiger partial charge is 0.357 e. The van der Waals surface area contributed by atoms with Gasteiger partial charge in [0.05, 0.1) is 5.75 Å². The first-order chi connectivity index (χ1) is 9.11. The van der Waals surface area contributed by atoms with Gasteiger partial charge in [-0.15, -0.1) is 0 Å². The lowest BCUT2D eigenvalue weighted by Crippen LogP contribution is -2.39. The first kappa shape index (κ1) is 14.3. The van der Waals surface area contributed by atoms with Crippen molar-refractivity contribution in [2.75, 3.05) is 30.3 Å². The third-order valence-electron chi connectivity index (χ3n) is 3.56. The molecule has 1 aliphatic heterocycles. The van der Waals surface area contributed by atoms with E-state index in [-0.39, 0.29) is 5.75 Å². The van der Waals surface area contributed by atoms with Crippen molar-refractivity contribution < 1.29 is 8.42 Å². The quantitative estimate of drug-likeness (QED) is 0.883. The van der Waals surface area contributed by atoms with Gasteiger partial charge in [-0.25, -0.2) is 18.1 Å². The third kappa shape index (κ3) is 4.18. The molecule has 0 bridgehead atoms. The lowest BCUT2D eigenvalue weighted by molar-refractivity contribution is 0.400. The van der Waals surface area contributed by atoms with Crippen LogP contribution in [0.5, 0.6) is 0 Å². The van der Waals surface area contributed by atoms with Crippen LogP contribution in [0.1, 0.15) is 19.8 Å². The first-order valence-electron chi connectivity index (χ1n) is 6.74. The first-order valence-corrected chi connectivity index (χ1v) is 8.39. The van der Waals surface area contributed by atoms with Crippen molar-refractivity contribution >= 4 is 15.8 Å². The second-order valence-corrected chi connectivity index (χ2v) is 6.97. The molecular weight excluding hydrogens is 262 g/mol. The van der Waals surface area contributed by atoms with Gasteiger partial charge in [0.2, 0.25) is 10.0 Å². The minimum atomic E-state index is -3.06. The Morgan fingerprint density at radius 2 is 2.11 bits per heavy atom. The van der Waals surface area contributed by atoms with Gasteiger partial charge < -0.3 is 4.90 Å². The molecule has 2 heterocycles. The Bertz CT molecular complexity index is 482. The second-order valence-electron chi connectivity index (χ2n) is 4.87. The lowest BCUT2D eigenvalue weighted by atomic mass is 9.97. The molecule has 0 unspecified atom stereocenters. The van der Waals surface area contributed by atoms with E-state index in [2.05, 4.69) is 14.6 Å². The van der Waals surface area contributed by atoms with Crippen LogP contribution < -0.4 is 9.62 Å². The van der Waals surface area contributed by atoms with Crippen LogP contribution in [0.25, 0.3) is 0 Å². The highest BCUT2D eigenvalue weighted by Crippen LogP contribution is 2.20. The summed E-state index contributed by atoms with van der Waals surface area (Å²) in [6, 6.07) is 5.92. The molecule has 0 aliphatic carbocycles. The van der Waals surface area contributed by atoms with Gasteiger partial charge in [-0.1, -0.05) is 6.07 Å². The zero-order valence-corrected chi connectivity index (χ0v) is 12.1. The van der Waals surface area contributed by atoms with Gasteiger partial charge in [-0.3, -0.25) is 0 Å². The average molecular weight is 283 g/mol. The summed E-state index contributed by atoms with van der Waals surface area (Å²) in [5.41, 5.74) is 0. The number of nitrogens with zero attached hydrogens (tertiary/aromatic N) is 2. The average Bonchev–Trinajstić information content (AvgIpc) is 2.47. The van der Waals surface area contributed by atoms with E-state index in [0.717, 1.165) is 31.7 Å². The molecule has 2 rings (SSSR count). The topological polar surface area (TPSA) is 62.3 Å². The van der Waals surface area contributed by atoms with Crippen molar-refractivity contribution in [3.63, 3.8) is 0 Å². The fourth-order valence-corrected chi connectivity index (χ4v) is 2.95. The number of pyridine rings is 1.